The van der Waals surface area contributed by atoms with Gasteiger partial charge in [0.2, 0.25) is 5.91 Å². The number of aliphatic hydroxyl groups is 1. The zero-order chi connectivity index (χ0) is 57.0. The Morgan fingerprint density at radius 2 is 0.795 bits per heavy atom. The summed E-state index contributed by atoms with van der Waals surface area (Å²) in [6, 6.07) is -0.906. The fourth-order valence-corrected chi connectivity index (χ4v) is 10.5. The molecule has 3 atom stereocenters. The van der Waals surface area contributed by atoms with Gasteiger partial charge in [0.15, 0.2) is 0 Å². The van der Waals surface area contributed by atoms with Crippen molar-refractivity contribution < 1.29 is 32.9 Å². The van der Waals surface area contributed by atoms with Crippen LogP contribution in [0, 0.1) is 0 Å². The van der Waals surface area contributed by atoms with E-state index in [-0.39, 0.29) is 12.5 Å². The molecule has 0 radical (unpaired) electrons. The maximum absolute atomic E-state index is 13.0. The maximum atomic E-state index is 13.0. The number of quaternary nitrogens is 1. The first-order valence-corrected chi connectivity index (χ1v) is 34.8. The van der Waals surface area contributed by atoms with Crippen molar-refractivity contribution in [2.24, 2.45) is 0 Å². The van der Waals surface area contributed by atoms with Crippen LogP contribution in [0.3, 0.4) is 0 Å². The number of carbonyl (C=O) groups excluding carboxylic acids is 1. The fourth-order valence-electron chi connectivity index (χ4n) is 9.75. The highest BCUT2D eigenvalue weighted by molar-refractivity contribution is 7.45. The molecule has 0 bridgehead atoms. The van der Waals surface area contributed by atoms with Gasteiger partial charge in [0, 0.05) is 6.42 Å². The molecule has 3 unspecified atom stereocenters. The topological polar surface area (TPSA) is 108 Å². The molecular weight excluding hydrogens is 984 g/mol. The standard InChI is InChI=1S/C69H129N2O6P/c1-6-8-10-12-14-16-18-20-22-24-26-28-30-31-32-33-34-35-36-37-38-39-41-43-45-47-49-51-53-55-57-59-61-63-69(73)70-67(66-77-78(74,75)76-65-64-71(3,4)5)68(72)62-60-58-56-54-52-50-48-46-44-42-40-29-27-25-23-21-19-17-15-13-11-9-7-2/h8,10,14,16,20,22,26,28,52,54,60,62,67-68,72H,6-7,9,11-13,15,17-19,21,23-25,27,29-51,53,55-59,61,63-66H2,1-5H3,(H-,70,73,74,75)/b10-8-,16-14-,22-20-,28-26-,54-52+,62-60+. The summed E-state index contributed by atoms with van der Waals surface area (Å²) in [4.78, 5) is 25.6. The number of phosphoric ester groups is 1. The second-order valence-corrected chi connectivity index (χ2v) is 25.2. The first-order chi connectivity index (χ1) is 38.0. The number of unbranched alkanes of at least 4 members (excludes halogenated alkanes) is 38. The van der Waals surface area contributed by atoms with Crippen LogP contribution >= 0.6 is 7.82 Å². The van der Waals surface area contributed by atoms with Gasteiger partial charge in [-0.2, -0.15) is 0 Å². The van der Waals surface area contributed by atoms with E-state index in [1.165, 1.54) is 225 Å². The molecule has 0 rings (SSSR count). The summed E-state index contributed by atoms with van der Waals surface area (Å²) in [6.07, 6.45) is 83.0. The average Bonchev–Trinajstić information content (AvgIpc) is 3.41. The monoisotopic (exact) mass is 1110 g/mol. The van der Waals surface area contributed by atoms with E-state index < -0.39 is 26.6 Å². The molecule has 0 aromatic heterocycles. The highest BCUT2D eigenvalue weighted by atomic mass is 31.2. The minimum absolute atomic E-state index is 0.00663. The van der Waals surface area contributed by atoms with Gasteiger partial charge in [0.1, 0.15) is 13.2 Å². The van der Waals surface area contributed by atoms with Gasteiger partial charge < -0.3 is 28.8 Å². The second-order valence-electron chi connectivity index (χ2n) is 23.8. The predicted octanol–water partition coefficient (Wildman–Crippen LogP) is 20.4. The van der Waals surface area contributed by atoms with Crippen molar-refractivity contribution in [3.05, 3.63) is 72.9 Å². The van der Waals surface area contributed by atoms with Crippen molar-refractivity contribution in [3.8, 4) is 0 Å². The Labute approximate surface area is 484 Å². The van der Waals surface area contributed by atoms with Crippen LogP contribution in [0.25, 0.3) is 0 Å². The van der Waals surface area contributed by atoms with Gasteiger partial charge in [-0.25, -0.2) is 0 Å². The summed E-state index contributed by atoms with van der Waals surface area (Å²) in [5.74, 6) is -0.203. The molecule has 0 fully saturated rings. The Hall–Kier alpha value is -2.06. The largest absolute Gasteiger partial charge is 0.756 e. The molecule has 1 amide bonds. The van der Waals surface area contributed by atoms with Crippen LogP contribution in [-0.4, -0.2) is 68.5 Å². The van der Waals surface area contributed by atoms with Gasteiger partial charge in [-0.1, -0.05) is 305 Å². The molecule has 8 nitrogen and oxygen atoms in total. The number of likely N-dealkylation sites (N-methyl/N-ethyl adjacent to an activating group) is 1. The van der Waals surface area contributed by atoms with Crippen molar-refractivity contribution >= 4 is 13.7 Å². The lowest BCUT2D eigenvalue weighted by atomic mass is 10.0. The molecule has 0 saturated carbocycles. The molecule has 78 heavy (non-hydrogen) atoms. The van der Waals surface area contributed by atoms with Gasteiger partial charge in [0.25, 0.3) is 7.82 Å². The Balaban J connectivity index is 4.09. The van der Waals surface area contributed by atoms with E-state index in [1.807, 2.05) is 27.2 Å². The van der Waals surface area contributed by atoms with Gasteiger partial charge in [-0.15, -0.1) is 0 Å². The summed E-state index contributed by atoms with van der Waals surface area (Å²) >= 11 is 0. The second kappa shape index (κ2) is 59.6. The van der Waals surface area contributed by atoms with E-state index >= 15 is 0 Å². The third kappa shape index (κ3) is 61.6. The normalized spacial score (nSPS) is 14.2. The molecule has 0 heterocycles. The van der Waals surface area contributed by atoms with Crippen molar-refractivity contribution in [1.82, 2.24) is 5.32 Å². The lowest BCUT2D eigenvalue weighted by molar-refractivity contribution is -0.870. The lowest BCUT2D eigenvalue weighted by Gasteiger charge is -2.29. The fraction of sp³-hybridized carbons (Fsp3) is 0.812. The van der Waals surface area contributed by atoms with Gasteiger partial charge >= 0.3 is 0 Å². The molecular formula is C69H129N2O6P. The number of hydrogen-bond acceptors (Lipinski definition) is 6. The maximum Gasteiger partial charge on any atom is 0.268 e. The number of hydrogen-bond donors (Lipinski definition) is 2. The first-order valence-electron chi connectivity index (χ1n) is 33.3. The van der Waals surface area contributed by atoms with Gasteiger partial charge in [-0.3, -0.25) is 9.36 Å². The molecule has 0 spiro atoms. The minimum Gasteiger partial charge on any atom is -0.756 e. The number of carbonyl (C=O) groups is 1. The van der Waals surface area contributed by atoms with E-state index in [1.54, 1.807) is 6.08 Å². The summed E-state index contributed by atoms with van der Waals surface area (Å²) in [5.41, 5.74) is 0. The third-order valence-electron chi connectivity index (χ3n) is 14.9. The molecule has 2 N–H and O–H groups in total. The van der Waals surface area contributed by atoms with E-state index in [0.29, 0.717) is 17.4 Å². The average molecular weight is 1110 g/mol. The van der Waals surface area contributed by atoms with Crippen LogP contribution < -0.4 is 10.2 Å². The first kappa shape index (κ1) is 75.9. The van der Waals surface area contributed by atoms with Crippen molar-refractivity contribution in [2.75, 3.05) is 40.9 Å². The number of amides is 1. The zero-order valence-corrected chi connectivity index (χ0v) is 53.0. The van der Waals surface area contributed by atoms with Crippen LogP contribution in [0.15, 0.2) is 72.9 Å². The smallest absolute Gasteiger partial charge is 0.268 e. The van der Waals surface area contributed by atoms with Crippen LogP contribution in [0.4, 0.5) is 0 Å². The molecule has 0 aromatic rings. The number of nitrogens with zero attached hydrogens (tertiary/aromatic N) is 1. The van der Waals surface area contributed by atoms with Crippen molar-refractivity contribution in [2.45, 2.75) is 321 Å². The van der Waals surface area contributed by atoms with Crippen LogP contribution in [0.1, 0.15) is 309 Å². The molecule has 0 aliphatic heterocycles. The van der Waals surface area contributed by atoms with E-state index in [4.69, 9.17) is 9.05 Å². The van der Waals surface area contributed by atoms with Crippen LogP contribution in [0.2, 0.25) is 0 Å². The van der Waals surface area contributed by atoms with Crippen LogP contribution in [0.5, 0.6) is 0 Å². The quantitative estimate of drug-likeness (QED) is 0.0272. The highest BCUT2D eigenvalue weighted by Gasteiger charge is 2.23. The number of nitrogens with one attached hydrogen (secondary N) is 1. The Morgan fingerprint density at radius 1 is 0.462 bits per heavy atom. The molecule has 0 aliphatic rings. The molecule has 0 aromatic carbocycles. The highest BCUT2D eigenvalue weighted by Crippen LogP contribution is 2.38. The van der Waals surface area contributed by atoms with E-state index in [9.17, 15) is 19.4 Å². The van der Waals surface area contributed by atoms with Crippen molar-refractivity contribution in [3.63, 3.8) is 0 Å². The van der Waals surface area contributed by atoms with Crippen molar-refractivity contribution in [1.29, 1.82) is 0 Å². The summed E-state index contributed by atoms with van der Waals surface area (Å²) in [7, 11) is 1.25. The predicted molar refractivity (Wildman–Crippen MR) is 339 cm³/mol. The Kier molecular flexibility index (Phi) is 58.0. The third-order valence-corrected chi connectivity index (χ3v) is 15.9. The number of aliphatic hydroxyl groups excluding tert-OH is 1. The van der Waals surface area contributed by atoms with Gasteiger partial charge in [0.05, 0.1) is 39.9 Å². The Morgan fingerprint density at radius 3 is 1.19 bits per heavy atom. The molecule has 0 aliphatic carbocycles. The molecule has 0 saturated heterocycles. The van der Waals surface area contributed by atoms with Gasteiger partial charge in [-0.05, 0) is 70.6 Å². The summed E-state index contributed by atoms with van der Waals surface area (Å²) in [5, 5.41) is 13.9. The lowest BCUT2D eigenvalue weighted by Crippen LogP contribution is -2.45. The van der Waals surface area contributed by atoms with E-state index in [0.717, 1.165) is 64.2 Å². The van der Waals surface area contributed by atoms with E-state index in [2.05, 4.69) is 79.9 Å². The number of rotatable bonds is 61. The number of allylic oxidation sites excluding steroid dienone is 11. The molecule has 9 heteroatoms. The summed E-state index contributed by atoms with van der Waals surface area (Å²) in [6.45, 7) is 4.55. The summed E-state index contributed by atoms with van der Waals surface area (Å²) < 4.78 is 23.4. The molecule has 456 valence electrons. The SMILES string of the molecule is CC/C=C\C/C=C\C/C=C\C/C=C\CCCCCCCCCCCCCCCCCCCCCCC(=O)NC(COP(=O)([O-])OCC[N+](C)(C)C)C(O)/C=C/CC/C=C/CCCCCCCCCCCCCCCCCCC. The Bertz CT molecular complexity index is 1500. The number of phosphoric acid groups is 1. The zero-order valence-electron chi connectivity index (χ0n) is 52.1. The van der Waals surface area contributed by atoms with Crippen LogP contribution in [-0.2, 0) is 18.4 Å². The minimum atomic E-state index is -4.61.